The van der Waals surface area contributed by atoms with Gasteiger partial charge in [0.1, 0.15) is 6.04 Å². The summed E-state index contributed by atoms with van der Waals surface area (Å²) in [6.45, 7) is 0.528. The second kappa shape index (κ2) is 6.24. The maximum Gasteiger partial charge on any atom is 0.259 e. The van der Waals surface area contributed by atoms with Crippen LogP contribution in [-0.2, 0) is 14.4 Å². The van der Waals surface area contributed by atoms with Crippen molar-refractivity contribution in [1.82, 2.24) is 10.0 Å². The first-order chi connectivity index (χ1) is 14.7. The number of hydrogen-bond donors (Lipinski definition) is 0. The lowest BCUT2D eigenvalue weighted by atomic mass is 9.90. The van der Waals surface area contributed by atoms with Gasteiger partial charge in [-0.3, -0.25) is 19.4 Å². The summed E-state index contributed by atoms with van der Waals surface area (Å²) in [6.07, 6.45) is 0.363. The number of amides is 3. The zero-order chi connectivity index (χ0) is 20.4. The van der Waals surface area contributed by atoms with E-state index < -0.39 is 12.0 Å². The van der Waals surface area contributed by atoms with E-state index in [4.69, 9.17) is 0 Å². The summed E-state index contributed by atoms with van der Waals surface area (Å²) in [5.74, 6) is -1.26. The van der Waals surface area contributed by atoms with Crippen molar-refractivity contribution in [3.63, 3.8) is 0 Å². The molecule has 0 unspecified atom stereocenters. The third-order valence-electron chi connectivity index (χ3n) is 6.48. The van der Waals surface area contributed by atoms with Gasteiger partial charge >= 0.3 is 0 Å². The summed E-state index contributed by atoms with van der Waals surface area (Å²) in [5, 5.41) is 5.28. The minimum Gasteiger partial charge on any atom is -0.274 e. The predicted molar refractivity (Wildman–Crippen MR) is 111 cm³/mol. The van der Waals surface area contributed by atoms with Gasteiger partial charge in [0.2, 0.25) is 11.8 Å². The van der Waals surface area contributed by atoms with Crippen LogP contribution in [0.5, 0.6) is 0 Å². The van der Waals surface area contributed by atoms with E-state index in [0.29, 0.717) is 18.7 Å². The number of hydrogen-bond acceptors (Lipinski definition) is 4. The van der Waals surface area contributed by atoms with Gasteiger partial charge in [0, 0.05) is 18.4 Å². The monoisotopic (exact) mass is 397 g/mol. The van der Waals surface area contributed by atoms with Crippen molar-refractivity contribution in [3.05, 3.63) is 78.4 Å². The zero-order valence-corrected chi connectivity index (χ0v) is 16.1. The minimum atomic E-state index is -0.781. The van der Waals surface area contributed by atoms with Crippen LogP contribution in [0.2, 0.25) is 0 Å². The highest BCUT2D eigenvalue weighted by molar-refractivity contribution is 6.27. The standard InChI is InChI=1S/C24H19N3O3/c28-19-13-14-25-21(16-8-2-1-3-9-16)20-22(27(19)25)24(30)26(23(20)29)18-12-6-10-15-7-4-5-11-17(15)18/h1-12,20-22H,13-14H2/t20-,21-,22+/m0/s1. The summed E-state index contributed by atoms with van der Waals surface area (Å²) in [6, 6.07) is 21.9. The SMILES string of the molecule is O=C1[C@H]2[C@H](c3ccccc3)N3CCC(=O)N3[C@H]2C(=O)N1c1cccc2ccccc12. The summed E-state index contributed by atoms with van der Waals surface area (Å²) in [4.78, 5) is 41.3. The molecule has 3 aromatic rings. The number of nitrogens with zero attached hydrogens (tertiary/aromatic N) is 3. The number of benzene rings is 3. The molecule has 0 aliphatic carbocycles. The first-order valence-corrected chi connectivity index (χ1v) is 10.2. The van der Waals surface area contributed by atoms with E-state index in [1.54, 1.807) is 11.1 Å². The van der Waals surface area contributed by atoms with Gasteiger partial charge in [-0.2, -0.15) is 0 Å². The molecule has 3 saturated heterocycles. The van der Waals surface area contributed by atoms with E-state index in [9.17, 15) is 14.4 Å². The molecule has 0 bridgehead atoms. The number of hydrazine groups is 1. The van der Waals surface area contributed by atoms with Crippen molar-refractivity contribution < 1.29 is 14.4 Å². The summed E-state index contributed by atoms with van der Waals surface area (Å²) < 4.78 is 0. The largest absolute Gasteiger partial charge is 0.274 e. The molecule has 30 heavy (non-hydrogen) atoms. The second-order valence-corrected chi connectivity index (χ2v) is 7.99. The number of fused-ring (bicyclic) bond motifs is 4. The van der Waals surface area contributed by atoms with Crippen LogP contribution in [0.1, 0.15) is 18.0 Å². The quantitative estimate of drug-likeness (QED) is 0.624. The molecule has 3 amide bonds. The molecule has 0 radical (unpaired) electrons. The van der Waals surface area contributed by atoms with Crippen molar-refractivity contribution in [2.45, 2.75) is 18.5 Å². The molecule has 0 spiro atoms. The fraction of sp³-hybridized carbons (Fsp3) is 0.208. The molecule has 3 heterocycles. The van der Waals surface area contributed by atoms with Gasteiger partial charge in [-0.25, -0.2) is 9.91 Å². The number of imide groups is 1. The van der Waals surface area contributed by atoms with Gasteiger partial charge in [0.05, 0.1) is 17.6 Å². The first kappa shape index (κ1) is 17.4. The van der Waals surface area contributed by atoms with Crippen molar-refractivity contribution in [3.8, 4) is 0 Å². The fourth-order valence-corrected chi connectivity index (χ4v) is 5.26. The van der Waals surface area contributed by atoms with Gasteiger partial charge in [0.15, 0.2) is 0 Å². The van der Waals surface area contributed by atoms with Crippen LogP contribution < -0.4 is 4.90 Å². The molecule has 0 aromatic heterocycles. The maximum atomic E-state index is 13.7. The van der Waals surface area contributed by atoms with Crippen molar-refractivity contribution in [2.24, 2.45) is 5.92 Å². The maximum absolute atomic E-state index is 13.7. The molecule has 3 fully saturated rings. The Labute approximate surface area is 173 Å². The van der Waals surface area contributed by atoms with Gasteiger partial charge in [-0.05, 0) is 17.0 Å². The normalized spacial score (nSPS) is 26.0. The third kappa shape index (κ3) is 2.19. The average Bonchev–Trinajstić information content (AvgIpc) is 3.39. The Hall–Kier alpha value is -3.51. The average molecular weight is 397 g/mol. The lowest BCUT2D eigenvalue weighted by Crippen LogP contribution is -2.45. The topological polar surface area (TPSA) is 60.9 Å². The number of anilines is 1. The van der Waals surface area contributed by atoms with Crippen LogP contribution in [0.15, 0.2) is 72.8 Å². The van der Waals surface area contributed by atoms with Gasteiger partial charge in [-0.1, -0.05) is 66.7 Å². The van der Waals surface area contributed by atoms with E-state index in [2.05, 4.69) is 0 Å². The molecule has 6 nitrogen and oxygen atoms in total. The van der Waals surface area contributed by atoms with Crippen LogP contribution in [0.4, 0.5) is 5.69 Å². The first-order valence-electron chi connectivity index (χ1n) is 10.2. The second-order valence-electron chi connectivity index (χ2n) is 7.99. The summed E-state index contributed by atoms with van der Waals surface area (Å²) >= 11 is 0. The molecular formula is C24H19N3O3. The van der Waals surface area contributed by atoms with E-state index in [1.807, 2.05) is 71.7 Å². The number of carbonyl (C=O) groups excluding carboxylic acids is 3. The molecule has 3 aromatic carbocycles. The highest BCUT2D eigenvalue weighted by Crippen LogP contribution is 2.49. The van der Waals surface area contributed by atoms with Gasteiger partial charge in [-0.15, -0.1) is 0 Å². The van der Waals surface area contributed by atoms with Gasteiger partial charge < -0.3 is 0 Å². The fourth-order valence-electron chi connectivity index (χ4n) is 5.26. The van der Waals surface area contributed by atoms with E-state index in [0.717, 1.165) is 16.3 Å². The summed E-state index contributed by atoms with van der Waals surface area (Å²) in [7, 11) is 0. The van der Waals surface area contributed by atoms with E-state index in [1.165, 1.54) is 4.90 Å². The third-order valence-corrected chi connectivity index (χ3v) is 6.48. The summed E-state index contributed by atoms with van der Waals surface area (Å²) in [5.41, 5.74) is 1.54. The molecule has 0 saturated carbocycles. The molecule has 6 rings (SSSR count). The van der Waals surface area contributed by atoms with E-state index in [-0.39, 0.29) is 23.8 Å². The number of carbonyl (C=O) groups is 3. The molecular weight excluding hydrogens is 378 g/mol. The Bertz CT molecular complexity index is 1200. The molecule has 0 N–H and O–H groups in total. The van der Waals surface area contributed by atoms with Crippen LogP contribution in [-0.4, -0.2) is 40.3 Å². The smallest absolute Gasteiger partial charge is 0.259 e. The van der Waals surface area contributed by atoms with E-state index >= 15 is 0 Å². The molecule has 3 atom stereocenters. The highest BCUT2D eigenvalue weighted by Gasteiger charge is 2.64. The Morgan fingerprint density at radius 3 is 2.30 bits per heavy atom. The minimum absolute atomic E-state index is 0.0932. The molecule has 6 heteroatoms. The van der Waals surface area contributed by atoms with Gasteiger partial charge in [0.25, 0.3) is 5.91 Å². The Kier molecular flexibility index (Phi) is 3.61. The Morgan fingerprint density at radius 1 is 0.733 bits per heavy atom. The highest BCUT2D eigenvalue weighted by atomic mass is 16.2. The Balaban J connectivity index is 1.51. The van der Waals surface area contributed by atoms with Crippen LogP contribution in [0.3, 0.4) is 0 Å². The molecule has 3 aliphatic heterocycles. The Morgan fingerprint density at radius 2 is 1.47 bits per heavy atom. The lowest BCUT2D eigenvalue weighted by molar-refractivity contribution is -0.143. The van der Waals surface area contributed by atoms with Crippen molar-refractivity contribution >= 4 is 34.2 Å². The lowest BCUT2D eigenvalue weighted by Gasteiger charge is -2.29. The van der Waals surface area contributed by atoms with Crippen molar-refractivity contribution in [2.75, 3.05) is 11.4 Å². The van der Waals surface area contributed by atoms with Crippen LogP contribution in [0.25, 0.3) is 10.8 Å². The van der Waals surface area contributed by atoms with Crippen LogP contribution in [0, 0.1) is 5.92 Å². The number of rotatable bonds is 2. The predicted octanol–water partition coefficient (Wildman–Crippen LogP) is 2.90. The molecule has 148 valence electrons. The van der Waals surface area contributed by atoms with Crippen LogP contribution >= 0.6 is 0 Å². The zero-order valence-electron chi connectivity index (χ0n) is 16.1. The molecule has 3 aliphatic rings. The van der Waals surface area contributed by atoms with Crippen molar-refractivity contribution in [1.29, 1.82) is 0 Å².